The average Bonchev–Trinajstić information content (AvgIpc) is 0.744. The Labute approximate surface area is 715 Å². The number of aromatic hydroxyl groups is 7. The summed E-state index contributed by atoms with van der Waals surface area (Å²) in [4.78, 5) is 36.9. The highest BCUT2D eigenvalue weighted by atomic mass is 79.9. The molecule has 0 bridgehead atoms. The molecule has 17 heteroatoms. The maximum Gasteiger partial charge on any atom is 0.153 e. The summed E-state index contributed by atoms with van der Waals surface area (Å²) in [6, 6.07) is 50.4. The quantitative estimate of drug-likeness (QED) is 0.0131. The molecule has 0 unspecified atom stereocenters. The van der Waals surface area contributed by atoms with Crippen LogP contribution in [0.25, 0.3) is 65.3 Å². The predicted octanol–water partition coefficient (Wildman–Crippen LogP) is 22.3. The standard InChI is InChI=1S/C60H78N4O4.C22H14O4.C15H23BrO.C4H12N2.CH4O/c1-57(2,3)45-31-43(53(65)49(33-45)59(7,8)9)37-63(13)27-19-25-61-35-41-29-39-21-15-17-23-47(39)51(55(41)67)52-48-24-18-16-22-40(48)30-42(56(52)68)36-62-26-20-28-64(14)38-44-32-46(58(4,5)6)34-50(54(44)66)60(10,11)12;23-11-15-9-13-5-1-3-7-17(13)19(21(15)25)20-18-8-4-2-6-14(18)10-16(12-24)22(20)26;1-14(2,3)11-7-10(9-16)13(17)12(8-11)15(4,5)6;1-6-4-2-3-5;1-2/h15-18,21-24,29-36,65-68H,19-20,25-28,37-38H2,1-14H3;1-12,25-26H;7-8,17H,9H2,1-6H3;6H,2-5H2,1H3;2H,1H3. The second kappa shape index (κ2) is 41.3. The molecule has 11 aromatic rings. The van der Waals surface area contributed by atoms with E-state index in [0.717, 1.165) is 118 Å². The molecule has 636 valence electrons. The van der Waals surface area contributed by atoms with Gasteiger partial charge in [-0.2, -0.15) is 0 Å². The molecular formula is C102H131BrN6O10. The van der Waals surface area contributed by atoms with Gasteiger partial charge in [0.2, 0.25) is 0 Å². The Balaban J connectivity index is 0.000000307. The van der Waals surface area contributed by atoms with E-state index in [-0.39, 0.29) is 66.6 Å². The fourth-order valence-corrected chi connectivity index (χ4v) is 14.9. The zero-order chi connectivity index (χ0) is 88.4. The minimum Gasteiger partial charge on any atom is -0.507 e. The van der Waals surface area contributed by atoms with Crippen molar-refractivity contribution >= 4 is 84.0 Å². The monoisotopic (exact) mass is 1680 g/mol. The number of benzene rings is 11. The number of nitrogens with one attached hydrogen (secondary N) is 1. The number of hydrogen-bond acceptors (Lipinski definition) is 16. The molecule has 0 aliphatic carbocycles. The van der Waals surface area contributed by atoms with Crippen LogP contribution in [-0.4, -0.2) is 143 Å². The predicted molar refractivity (Wildman–Crippen MR) is 503 cm³/mol. The lowest BCUT2D eigenvalue weighted by atomic mass is 9.79. The fraction of sp³-hybridized carbons (Fsp3) is 0.392. The summed E-state index contributed by atoms with van der Waals surface area (Å²) in [5.41, 5.74) is 17.5. The normalized spacial score (nSPS) is 12.2. The number of halogens is 1. The summed E-state index contributed by atoms with van der Waals surface area (Å²) in [5, 5.41) is 95.8. The van der Waals surface area contributed by atoms with E-state index in [1.54, 1.807) is 36.7 Å². The van der Waals surface area contributed by atoms with Crippen molar-refractivity contribution in [2.75, 3.05) is 67.5 Å². The van der Waals surface area contributed by atoms with Crippen LogP contribution in [0.5, 0.6) is 40.2 Å². The first-order valence-corrected chi connectivity index (χ1v) is 42.2. The number of phenolic OH excluding ortho intramolecular Hbond substituents is 7. The zero-order valence-electron chi connectivity index (χ0n) is 74.4. The van der Waals surface area contributed by atoms with E-state index >= 15 is 0 Å². The molecule has 0 spiro atoms. The van der Waals surface area contributed by atoms with Crippen LogP contribution in [0.3, 0.4) is 0 Å². The Morgan fingerprint density at radius 3 is 0.899 bits per heavy atom. The zero-order valence-corrected chi connectivity index (χ0v) is 76.0. The van der Waals surface area contributed by atoms with Gasteiger partial charge in [0, 0.05) is 101 Å². The van der Waals surface area contributed by atoms with Gasteiger partial charge in [-0.3, -0.25) is 19.6 Å². The average molecular weight is 1680 g/mol. The number of nitrogens with two attached hydrogens (primary N) is 1. The molecule has 11 rings (SSSR count). The van der Waals surface area contributed by atoms with E-state index < -0.39 is 0 Å². The molecule has 11 aromatic carbocycles. The van der Waals surface area contributed by atoms with Crippen molar-refractivity contribution in [1.29, 1.82) is 0 Å². The number of aliphatic imine (C=N–C) groups is 2. The molecule has 0 aromatic heterocycles. The summed E-state index contributed by atoms with van der Waals surface area (Å²) >= 11 is 3.45. The van der Waals surface area contributed by atoms with Gasteiger partial charge in [-0.15, -0.1) is 0 Å². The van der Waals surface area contributed by atoms with Crippen molar-refractivity contribution in [1.82, 2.24) is 15.1 Å². The lowest BCUT2D eigenvalue weighted by Crippen LogP contribution is -2.22. The van der Waals surface area contributed by atoms with Crippen LogP contribution >= 0.6 is 15.9 Å². The summed E-state index contributed by atoms with van der Waals surface area (Å²) in [6.45, 7) is 44.8. The molecule has 0 heterocycles. The molecule has 0 saturated carbocycles. The van der Waals surface area contributed by atoms with E-state index in [1.165, 1.54) is 16.7 Å². The minimum atomic E-state index is -0.220. The molecule has 16 nitrogen and oxygen atoms in total. The number of alkyl halides is 1. The van der Waals surface area contributed by atoms with Crippen molar-refractivity contribution in [3.63, 3.8) is 0 Å². The van der Waals surface area contributed by atoms with Crippen molar-refractivity contribution in [2.45, 2.75) is 195 Å². The molecule has 0 atom stereocenters. The van der Waals surface area contributed by atoms with Gasteiger partial charge in [-0.25, -0.2) is 0 Å². The second-order valence-corrected chi connectivity index (χ2v) is 37.7. The first-order chi connectivity index (χ1) is 55.9. The summed E-state index contributed by atoms with van der Waals surface area (Å²) in [6.07, 6.45) is 7.30. The van der Waals surface area contributed by atoms with Crippen molar-refractivity contribution < 1.29 is 50.4 Å². The minimum absolute atomic E-state index is 0.0394. The highest BCUT2D eigenvalue weighted by Crippen LogP contribution is 2.50. The summed E-state index contributed by atoms with van der Waals surface area (Å²) in [5.74, 6) is 0.854. The number of aliphatic hydroxyl groups excluding tert-OH is 1. The number of aldehydes is 2. The third kappa shape index (κ3) is 24.4. The first-order valence-electron chi connectivity index (χ1n) is 41.1. The maximum atomic E-state index is 12.2. The van der Waals surface area contributed by atoms with Crippen molar-refractivity contribution in [3.05, 3.63) is 230 Å². The summed E-state index contributed by atoms with van der Waals surface area (Å²) < 4.78 is 0. The highest BCUT2D eigenvalue weighted by Gasteiger charge is 2.30. The number of phenols is 7. The van der Waals surface area contributed by atoms with Gasteiger partial charge in [0.1, 0.15) is 40.2 Å². The largest absolute Gasteiger partial charge is 0.507 e. The maximum absolute atomic E-state index is 12.2. The van der Waals surface area contributed by atoms with E-state index in [0.29, 0.717) is 105 Å². The number of carbonyl (C=O) groups excluding carboxylic acids is 2. The third-order valence-corrected chi connectivity index (χ3v) is 21.9. The highest BCUT2D eigenvalue weighted by molar-refractivity contribution is 9.08. The SMILES string of the molecule is CC(C)(C)c1cc(CBr)c(O)c(C(C)(C)C)c1.CN(CCCN=Cc1cc2ccccc2c(-c2c(O)c(C=NCCCN(C)Cc3cc(C(C)(C)C)cc(C(C)(C)C)c3O)cc3ccccc23)c1O)Cc1cc(C(C)(C)C)cc(C(C)(C)C)c1O.CNCCCN.CO.O=Cc1cc2ccccc2c(-c2c(O)c(C=O)cc3ccccc23)c1O. The molecule has 0 aliphatic rings. The third-order valence-electron chi connectivity index (χ3n) is 21.3. The molecule has 11 N–H and O–H groups in total. The molecule has 0 fully saturated rings. The molecule has 0 saturated heterocycles. The fourth-order valence-electron chi connectivity index (χ4n) is 14.5. The van der Waals surface area contributed by atoms with Crippen LogP contribution in [0.1, 0.15) is 226 Å². The molecule has 0 amide bonds. The molecular weight excluding hydrogens is 1550 g/mol. The summed E-state index contributed by atoms with van der Waals surface area (Å²) in [7, 11) is 7.07. The number of aliphatic hydroxyl groups is 1. The van der Waals surface area contributed by atoms with Crippen molar-refractivity contribution in [2.24, 2.45) is 15.7 Å². The number of carbonyl (C=O) groups is 2. The Bertz CT molecular complexity index is 5100. The number of hydrogen-bond donors (Lipinski definition) is 10. The second-order valence-electron chi connectivity index (χ2n) is 37.1. The Morgan fingerprint density at radius 1 is 0.378 bits per heavy atom. The van der Waals surface area contributed by atoms with Crippen molar-refractivity contribution in [3.8, 4) is 62.5 Å². The van der Waals surface area contributed by atoms with E-state index in [9.17, 15) is 45.3 Å². The van der Waals surface area contributed by atoms with Gasteiger partial charge in [0.25, 0.3) is 0 Å². The van der Waals surface area contributed by atoms with Crippen LogP contribution in [0.4, 0.5) is 0 Å². The van der Waals surface area contributed by atoms with Gasteiger partial charge in [0.05, 0.1) is 11.1 Å². The first kappa shape index (κ1) is 96.2. The molecule has 0 aliphatic heterocycles. The smallest absolute Gasteiger partial charge is 0.153 e. The van der Waals surface area contributed by atoms with Gasteiger partial charge < -0.3 is 61.7 Å². The van der Waals surface area contributed by atoms with Crippen LogP contribution < -0.4 is 11.1 Å². The lowest BCUT2D eigenvalue weighted by Gasteiger charge is -2.28. The van der Waals surface area contributed by atoms with Gasteiger partial charge >= 0.3 is 0 Å². The molecule has 0 radical (unpaired) electrons. The Morgan fingerprint density at radius 2 is 0.647 bits per heavy atom. The number of fused-ring (bicyclic) bond motifs is 4. The van der Waals surface area contributed by atoms with Crippen LogP contribution in [0.15, 0.2) is 168 Å². The van der Waals surface area contributed by atoms with E-state index in [1.807, 2.05) is 104 Å². The topological polar surface area (TPSA) is 265 Å². The van der Waals surface area contributed by atoms with Crippen LogP contribution in [-0.2, 0) is 50.9 Å². The van der Waals surface area contributed by atoms with Crippen LogP contribution in [0.2, 0.25) is 0 Å². The van der Waals surface area contributed by atoms with Crippen LogP contribution in [0, 0.1) is 0 Å². The number of rotatable bonds is 22. The van der Waals surface area contributed by atoms with Gasteiger partial charge in [-0.05, 0) is 200 Å². The number of nitrogens with zero attached hydrogens (tertiary/aromatic N) is 4. The van der Waals surface area contributed by atoms with Gasteiger partial charge in [0.15, 0.2) is 12.6 Å². The lowest BCUT2D eigenvalue weighted by molar-refractivity contribution is 0.111. The van der Waals surface area contributed by atoms with E-state index in [2.05, 4.69) is 206 Å². The van der Waals surface area contributed by atoms with Gasteiger partial charge in [-0.1, -0.05) is 274 Å². The van der Waals surface area contributed by atoms with E-state index in [4.69, 9.17) is 20.8 Å². The Hall–Kier alpha value is -9.98. The Kier molecular flexibility index (Phi) is 33.4. The molecule has 119 heavy (non-hydrogen) atoms.